The van der Waals surface area contributed by atoms with Gasteiger partial charge in [-0.2, -0.15) is 0 Å². The van der Waals surface area contributed by atoms with Crippen LogP contribution in [0.25, 0.3) is 0 Å². The SMILES string of the molecule is C=CCn1c(CCCOc2ccc(Cl)cc2Br)nnc1SCC(=O)Nc1cccc(Cl)c1. The highest BCUT2D eigenvalue weighted by Crippen LogP contribution is 2.28. The minimum Gasteiger partial charge on any atom is -0.492 e. The third-order valence-corrected chi connectivity index (χ3v) is 6.30. The van der Waals surface area contributed by atoms with Crippen molar-refractivity contribution >= 4 is 62.5 Å². The third-order valence-electron chi connectivity index (χ3n) is 4.24. The third kappa shape index (κ3) is 7.27. The summed E-state index contributed by atoms with van der Waals surface area (Å²) < 4.78 is 8.59. The first kappa shape index (κ1) is 24.6. The molecule has 0 saturated heterocycles. The number of carbonyl (C=O) groups excluding carboxylic acids is 1. The molecule has 1 N–H and O–H groups in total. The molecule has 3 rings (SSSR count). The quantitative estimate of drug-likeness (QED) is 0.171. The summed E-state index contributed by atoms with van der Waals surface area (Å²) in [6.45, 7) is 4.89. The molecule has 32 heavy (non-hydrogen) atoms. The van der Waals surface area contributed by atoms with Crippen LogP contribution in [0.3, 0.4) is 0 Å². The van der Waals surface area contributed by atoms with Crippen LogP contribution in [0, 0.1) is 0 Å². The van der Waals surface area contributed by atoms with Crippen molar-refractivity contribution in [2.24, 2.45) is 0 Å². The molecule has 0 atom stereocenters. The number of aromatic nitrogens is 3. The van der Waals surface area contributed by atoms with Gasteiger partial charge in [-0.05, 0) is 58.7 Å². The molecule has 0 bridgehead atoms. The fourth-order valence-electron chi connectivity index (χ4n) is 2.82. The van der Waals surface area contributed by atoms with Gasteiger partial charge in [0.15, 0.2) is 5.16 Å². The van der Waals surface area contributed by atoms with Crippen LogP contribution in [0.5, 0.6) is 5.75 Å². The molecule has 0 radical (unpaired) electrons. The van der Waals surface area contributed by atoms with E-state index in [9.17, 15) is 4.79 Å². The lowest BCUT2D eigenvalue weighted by Crippen LogP contribution is -2.14. The zero-order valence-electron chi connectivity index (χ0n) is 17.1. The number of hydrogen-bond acceptors (Lipinski definition) is 5. The fraction of sp³-hybridized carbons (Fsp3) is 0.227. The lowest BCUT2D eigenvalue weighted by Gasteiger charge is -2.10. The van der Waals surface area contributed by atoms with Gasteiger partial charge in [-0.3, -0.25) is 4.79 Å². The summed E-state index contributed by atoms with van der Waals surface area (Å²) in [5.41, 5.74) is 0.656. The zero-order valence-corrected chi connectivity index (χ0v) is 21.0. The predicted molar refractivity (Wildman–Crippen MR) is 134 cm³/mol. The number of carbonyl (C=O) groups is 1. The maximum Gasteiger partial charge on any atom is 0.234 e. The van der Waals surface area contributed by atoms with Crippen molar-refractivity contribution in [3.8, 4) is 5.75 Å². The normalized spacial score (nSPS) is 10.7. The molecule has 168 valence electrons. The molecule has 0 aliphatic rings. The zero-order chi connectivity index (χ0) is 22.9. The minimum atomic E-state index is -0.145. The highest BCUT2D eigenvalue weighted by Gasteiger charge is 2.14. The summed E-state index contributed by atoms with van der Waals surface area (Å²) in [6.07, 6.45) is 3.22. The number of aryl methyl sites for hydroxylation is 1. The molecule has 6 nitrogen and oxygen atoms in total. The number of rotatable bonds is 11. The van der Waals surface area contributed by atoms with E-state index in [2.05, 4.69) is 38.0 Å². The number of benzene rings is 2. The highest BCUT2D eigenvalue weighted by atomic mass is 79.9. The van der Waals surface area contributed by atoms with Crippen molar-refractivity contribution in [1.29, 1.82) is 0 Å². The standard InChI is InChI=1S/C22H21BrCl2N4O2S/c1-2-10-29-20(7-4-11-31-19-9-8-16(25)13-18(19)23)27-28-22(29)32-14-21(30)26-17-6-3-5-15(24)12-17/h2-3,5-6,8-9,12-13H,1,4,7,10-11,14H2,(H,26,30). The van der Waals surface area contributed by atoms with Crippen molar-refractivity contribution < 1.29 is 9.53 Å². The van der Waals surface area contributed by atoms with Crippen molar-refractivity contribution in [2.75, 3.05) is 17.7 Å². The van der Waals surface area contributed by atoms with E-state index >= 15 is 0 Å². The Balaban J connectivity index is 1.52. The summed E-state index contributed by atoms with van der Waals surface area (Å²) in [7, 11) is 0. The van der Waals surface area contributed by atoms with Crippen molar-refractivity contribution in [1.82, 2.24) is 14.8 Å². The average Bonchev–Trinajstić information content (AvgIpc) is 3.13. The molecule has 0 fully saturated rings. The topological polar surface area (TPSA) is 69.0 Å². The van der Waals surface area contributed by atoms with E-state index in [1.807, 2.05) is 10.6 Å². The number of anilines is 1. The minimum absolute atomic E-state index is 0.145. The molecule has 3 aromatic rings. The molecule has 0 spiro atoms. The Morgan fingerprint density at radius 1 is 1.22 bits per heavy atom. The first-order valence-electron chi connectivity index (χ1n) is 9.75. The maximum atomic E-state index is 12.3. The monoisotopic (exact) mass is 554 g/mol. The summed E-state index contributed by atoms with van der Waals surface area (Å²) in [5, 5.41) is 13.3. The van der Waals surface area contributed by atoms with E-state index in [4.69, 9.17) is 27.9 Å². The Morgan fingerprint density at radius 2 is 2.03 bits per heavy atom. The van der Waals surface area contributed by atoms with Gasteiger partial charge in [0.1, 0.15) is 11.6 Å². The van der Waals surface area contributed by atoms with Gasteiger partial charge in [0.25, 0.3) is 0 Å². The Morgan fingerprint density at radius 3 is 2.78 bits per heavy atom. The molecule has 0 saturated carbocycles. The van der Waals surface area contributed by atoms with Crippen LogP contribution >= 0.6 is 50.9 Å². The summed E-state index contributed by atoms with van der Waals surface area (Å²) in [4.78, 5) is 12.3. The Hall–Kier alpha value is -2.00. The van der Waals surface area contributed by atoms with Crippen LogP contribution in [0.4, 0.5) is 5.69 Å². The van der Waals surface area contributed by atoms with E-state index in [0.29, 0.717) is 40.5 Å². The Labute approximate surface area is 209 Å². The number of ether oxygens (including phenoxy) is 1. The molecular weight excluding hydrogens is 535 g/mol. The van der Waals surface area contributed by atoms with E-state index in [1.54, 1.807) is 42.5 Å². The van der Waals surface area contributed by atoms with Crippen molar-refractivity contribution in [3.05, 3.63) is 75.5 Å². The van der Waals surface area contributed by atoms with Crippen LogP contribution in [-0.2, 0) is 17.8 Å². The van der Waals surface area contributed by atoms with Crippen LogP contribution in [0.15, 0.2) is 64.7 Å². The first-order valence-corrected chi connectivity index (χ1v) is 12.3. The van der Waals surface area contributed by atoms with Gasteiger partial charge in [0.05, 0.1) is 16.8 Å². The number of hydrogen-bond donors (Lipinski definition) is 1. The Kier molecular flexibility index (Phi) is 9.47. The Bertz CT molecular complexity index is 1090. The lowest BCUT2D eigenvalue weighted by molar-refractivity contribution is -0.113. The van der Waals surface area contributed by atoms with Gasteiger partial charge < -0.3 is 14.6 Å². The first-order chi connectivity index (χ1) is 15.5. The molecular formula is C22H21BrCl2N4O2S. The largest absolute Gasteiger partial charge is 0.492 e. The summed E-state index contributed by atoms with van der Waals surface area (Å²) >= 11 is 16.7. The van der Waals surface area contributed by atoms with Gasteiger partial charge in [0.2, 0.25) is 5.91 Å². The molecule has 0 aliphatic heterocycles. The van der Waals surface area contributed by atoms with E-state index < -0.39 is 0 Å². The van der Waals surface area contributed by atoms with Crippen LogP contribution in [-0.4, -0.2) is 33.0 Å². The molecule has 0 aliphatic carbocycles. The number of allylic oxidation sites excluding steroid dienone is 1. The fourth-order valence-corrected chi connectivity index (χ4v) is 4.58. The van der Waals surface area contributed by atoms with Gasteiger partial charge in [-0.15, -0.1) is 16.8 Å². The second-order valence-electron chi connectivity index (χ2n) is 6.67. The van der Waals surface area contributed by atoms with E-state index in [0.717, 1.165) is 22.5 Å². The maximum absolute atomic E-state index is 12.3. The number of nitrogens with zero attached hydrogens (tertiary/aromatic N) is 3. The summed E-state index contributed by atoms with van der Waals surface area (Å²) in [5.74, 6) is 1.62. The molecule has 1 amide bonds. The van der Waals surface area contributed by atoms with Crippen LogP contribution in [0.1, 0.15) is 12.2 Å². The van der Waals surface area contributed by atoms with E-state index in [1.165, 1.54) is 11.8 Å². The van der Waals surface area contributed by atoms with Gasteiger partial charge in [0, 0.05) is 28.7 Å². The number of nitrogens with one attached hydrogen (secondary N) is 1. The van der Waals surface area contributed by atoms with Gasteiger partial charge in [-0.1, -0.05) is 47.1 Å². The molecule has 1 aromatic heterocycles. The number of halogens is 3. The number of thioether (sulfide) groups is 1. The summed E-state index contributed by atoms with van der Waals surface area (Å²) in [6, 6.07) is 12.4. The lowest BCUT2D eigenvalue weighted by atomic mass is 10.3. The molecule has 1 heterocycles. The van der Waals surface area contributed by atoms with Gasteiger partial charge in [-0.25, -0.2) is 0 Å². The van der Waals surface area contributed by atoms with Gasteiger partial charge >= 0.3 is 0 Å². The van der Waals surface area contributed by atoms with Crippen LogP contribution in [0.2, 0.25) is 10.0 Å². The average molecular weight is 556 g/mol. The van der Waals surface area contributed by atoms with Crippen molar-refractivity contribution in [2.45, 2.75) is 24.5 Å². The van der Waals surface area contributed by atoms with Crippen molar-refractivity contribution in [3.63, 3.8) is 0 Å². The number of amides is 1. The van der Waals surface area contributed by atoms with E-state index in [-0.39, 0.29) is 11.7 Å². The molecule has 0 unspecified atom stereocenters. The molecule has 2 aromatic carbocycles. The molecule has 10 heteroatoms. The second kappa shape index (κ2) is 12.3. The second-order valence-corrected chi connectivity index (χ2v) is 9.34. The predicted octanol–water partition coefficient (Wildman–Crippen LogP) is 6.28. The smallest absolute Gasteiger partial charge is 0.234 e. The van der Waals surface area contributed by atoms with Crippen LogP contribution < -0.4 is 10.1 Å². The highest BCUT2D eigenvalue weighted by molar-refractivity contribution is 9.10.